The molecule has 1 aromatic carbocycles. The van der Waals surface area contributed by atoms with Crippen LogP contribution >= 0.6 is 0 Å². The van der Waals surface area contributed by atoms with Crippen molar-refractivity contribution in [2.24, 2.45) is 5.92 Å². The number of ether oxygens (including phenoxy) is 1. The Kier molecular flexibility index (Phi) is 5.78. The summed E-state index contributed by atoms with van der Waals surface area (Å²) in [6.45, 7) is 2.22. The fourth-order valence-electron chi connectivity index (χ4n) is 4.26. The monoisotopic (exact) mass is 421 g/mol. The summed E-state index contributed by atoms with van der Waals surface area (Å²) in [6.07, 6.45) is 5.53. The standard InChI is InChI=1S/C20H27N3O5S/c24-19-14-28-18-6-5-16(13-17(18)21-19)29(26,27)23-11-7-15(8-12-23)20(25)22-9-3-1-2-4-10-22/h5-6,13,15H,1-4,7-12,14H2,(H,21,24). The average Bonchev–Trinajstić information content (AvgIpc) is 3.02. The molecule has 0 saturated carbocycles. The fourth-order valence-corrected chi connectivity index (χ4v) is 5.76. The molecule has 3 aliphatic heterocycles. The van der Waals surface area contributed by atoms with Gasteiger partial charge in [-0.15, -0.1) is 0 Å². The highest BCUT2D eigenvalue weighted by Gasteiger charge is 2.34. The highest BCUT2D eigenvalue weighted by atomic mass is 32.2. The molecule has 9 heteroatoms. The van der Waals surface area contributed by atoms with Gasteiger partial charge in [0, 0.05) is 32.1 Å². The van der Waals surface area contributed by atoms with Crippen molar-refractivity contribution in [2.75, 3.05) is 38.1 Å². The topological polar surface area (TPSA) is 96.0 Å². The van der Waals surface area contributed by atoms with Crippen LogP contribution in [-0.4, -0.2) is 62.2 Å². The van der Waals surface area contributed by atoms with E-state index in [4.69, 9.17) is 4.74 Å². The van der Waals surface area contributed by atoms with Crippen molar-refractivity contribution < 1.29 is 22.7 Å². The number of anilines is 1. The summed E-state index contributed by atoms with van der Waals surface area (Å²) in [7, 11) is -3.69. The number of carbonyl (C=O) groups excluding carboxylic acids is 2. The summed E-state index contributed by atoms with van der Waals surface area (Å²) in [5.74, 6) is 0.235. The Morgan fingerprint density at radius 2 is 1.72 bits per heavy atom. The molecule has 0 bridgehead atoms. The minimum absolute atomic E-state index is 0.0718. The van der Waals surface area contributed by atoms with Crippen LogP contribution in [0, 0.1) is 5.92 Å². The molecular formula is C20H27N3O5S. The van der Waals surface area contributed by atoms with Gasteiger partial charge in [-0.1, -0.05) is 12.8 Å². The number of likely N-dealkylation sites (tertiary alicyclic amines) is 1. The van der Waals surface area contributed by atoms with E-state index in [0.29, 0.717) is 37.4 Å². The number of amides is 2. The molecule has 1 aromatic rings. The molecule has 8 nitrogen and oxygen atoms in total. The lowest BCUT2D eigenvalue weighted by atomic mass is 9.96. The second kappa shape index (κ2) is 8.31. The molecule has 158 valence electrons. The normalized spacial score (nSPS) is 21.7. The molecule has 2 fully saturated rings. The van der Waals surface area contributed by atoms with Gasteiger partial charge in [0.1, 0.15) is 5.75 Å². The molecule has 0 unspecified atom stereocenters. The van der Waals surface area contributed by atoms with Crippen molar-refractivity contribution in [3.63, 3.8) is 0 Å². The van der Waals surface area contributed by atoms with Gasteiger partial charge in [-0.05, 0) is 43.9 Å². The maximum absolute atomic E-state index is 13.1. The van der Waals surface area contributed by atoms with Crippen LogP contribution in [0.1, 0.15) is 38.5 Å². The van der Waals surface area contributed by atoms with Crippen molar-refractivity contribution in [3.05, 3.63) is 18.2 Å². The summed E-state index contributed by atoms with van der Waals surface area (Å²) < 4.78 is 32.8. The Hall–Kier alpha value is -2.13. The van der Waals surface area contributed by atoms with Gasteiger partial charge in [-0.25, -0.2) is 8.42 Å². The van der Waals surface area contributed by atoms with E-state index in [-0.39, 0.29) is 29.2 Å². The molecule has 0 atom stereocenters. The van der Waals surface area contributed by atoms with E-state index in [1.54, 1.807) is 6.07 Å². The minimum Gasteiger partial charge on any atom is -0.482 e. The van der Waals surface area contributed by atoms with E-state index in [1.165, 1.54) is 29.3 Å². The predicted octanol–water partition coefficient (Wildman–Crippen LogP) is 1.82. The van der Waals surface area contributed by atoms with Crippen LogP contribution in [0.3, 0.4) is 0 Å². The summed E-state index contributed by atoms with van der Waals surface area (Å²) in [5, 5.41) is 2.64. The first-order chi connectivity index (χ1) is 13.9. The third-order valence-electron chi connectivity index (χ3n) is 5.94. The van der Waals surface area contributed by atoms with E-state index < -0.39 is 10.0 Å². The summed E-state index contributed by atoms with van der Waals surface area (Å²) in [6, 6.07) is 4.51. The quantitative estimate of drug-likeness (QED) is 0.803. The lowest BCUT2D eigenvalue weighted by molar-refractivity contribution is -0.136. The molecule has 0 spiro atoms. The number of benzene rings is 1. The van der Waals surface area contributed by atoms with Crippen LogP contribution in [0.5, 0.6) is 5.75 Å². The molecule has 0 radical (unpaired) electrons. The summed E-state index contributed by atoms with van der Waals surface area (Å²) in [4.78, 5) is 26.4. The van der Waals surface area contributed by atoms with Crippen molar-refractivity contribution in [3.8, 4) is 5.75 Å². The maximum Gasteiger partial charge on any atom is 0.262 e. The van der Waals surface area contributed by atoms with E-state index in [2.05, 4.69) is 5.32 Å². The number of nitrogens with zero attached hydrogens (tertiary/aromatic N) is 2. The average molecular weight is 422 g/mol. The molecule has 2 amide bonds. The van der Waals surface area contributed by atoms with Gasteiger partial charge >= 0.3 is 0 Å². The van der Waals surface area contributed by atoms with E-state index >= 15 is 0 Å². The predicted molar refractivity (Wildman–Crippen MR) is 107 cm³/mol. The highest BCUT2D eigenvalue weighted by Crippen LogP contribution is 2.32. The van der Waals surface area contributed by atoms with Crippen molar-refractivity contribution in [1.29, 1.82) is 0 Å². The fraction of sp³-hybridized carbons (Fsp3) is 0.600. The number of piperidine rings is 1. The number of hydrogen-bond donors (Lipinski definition) is 1. The van der Waals surface area contributed by atoms with Gasteiger partial charge in [-0.2, -0.15) is 4.31 Å². The van der Waals surface area contributed by atoms with E-state index in [1.807, 2.05) is 4.90 Å². The van der Waals surface area contributed by atoms with Gasteiger partial charge in [0.05, 0.1) is 10.6 Å². The van der Waals surface area contributed by atoms with Gasteiger partial charge in [-0.3, -0.25) is 9.59 Å². The SMILES string of the molecule is O=C1COc2ccc(S(=O)(=O)N3CCC(C(=O)N4CCCCCC4)CC3)cc2N1. The molecular weight excluding hydrogens is 394 g/mol. The first-order valence-electron chi connectivity index (χ1n) is 10.3. The number of sulfonamides is 1. The Balaban J connectivity index is 1.42. The van der Waals surface area contributed by atoms with Crippen molar-refractivity contribution in [1.82, 2.24) is 9.21 Å². The van der Waals surface area contributed by atoms with Crippen molar-refractivity contribution in [2.45, 2.75) is 43.4 Å². The Morgan fingerprint density at radius 1 is 1.03 bits per heavy atom. The maximum atomic E-state index is 13.1. The van der Waals surface area contributed by atoms with Gasteiger partial charge in [0.2, 0.25) is 15.9 Å². The molecule has 0 aromatic heterocycles. The van der Waals surface area contributed by atoms with Crippen LogP contribution in [0.4, 0.5) is 5.69 Å². The largest absolute Gasteiger partial charge is 0.482 e. The second-order valence-corrected chi connectivity index (χ2v) is 9.85. The van der Waals surface area contributed by atoms with Crippen LogP contribution in [0.2, 0.25) is 0 Å². The number of nitrogens with one attached hydrogen (secondary N) is 1. The van der Waals surface area contributed by atoms with Gasteiger partial charge < -0.3 is 15.0 Å². The minimum atomic E-state index is -3.69. The van der Waals surface area contributed by atoms with Crippen LogP contribution in [-0.2, 0) is 19.6 Å². The number of fused-ring (bicyclic) bond motifs is 1. The Morgan fingerprint density at radius 3 is 2.41 bits per heavy atom. The van der Waals surface area contributed by atoms with E-state index in [0.717, 1.165) is 25.9 Å². The smallest absolute Gasteiger partial charge is 0.262 e. The number of hydrogen-bond acceptors (Lipinski definition) is 5. The molecule has 3 aliphatic rings. The van der Waals surface area contributed by atoms with E-state index in [9.17, 15) is 18.0 Å². The zero-order chi connectivity index (χ0) is 20.4. The lowest BCUT2D eigenvalue weighted by Crippen LogP contribution is -2.44. The van der Waals surface area contributed by atoms with Crippen LogP contribution in [0.25, 0.3) is 0 Å². The van der Waals surface area contributed by atoms with Crippen LogP contribution < -0.4 is 10.1 Å². The lowest BCUT2D eigenvalue weighted by Gasteiger charge is -2.33. The zero-order valence-electron chi connectivity index (χ0n) is 16.4. The third-order valence-corrected chi connectivity index (χ3v) is 7.84. The molecule has 4 rings (SSSR count). The Labute approximate surface area is 171 Å². The summed E-state index contributed by atoms with van der Waals surface area (Å²) >= 11 is 0. The molecule has 0 aliphatic carbocycles. The number of rotatable bonds is 3. The first-order valence-corrected chi connectivity index (χ1v) is 11.7. The molecule has 2 saturated heterocycles. The van der Waals surface area contributed by atoms with Crippen molar-refractivity contribution >= 4 is 27.5 Å². The summed E-state index contributed by atoms with van der Waals surface area (Å²) in [5.41, 5.74) is 0.369. The number of carbonyl (C=O) groups is 2. The molecule has 29 heavy (non-hydrogen) atoms. The molecule has 1 N–H and O–H groups in total. The van der Waals surface area contributed by atoms with Gasteiger partial charge in [0.25, 0.3) is 5.91 Å². The van der Waals surface area contributed by atoms with Gasteiger partial charge in [0.15, 0.2) is 6.61 Å². The molecule has 3 heterocycles. The second-order valence-electron chi connectivity index (χ2n) is 7.91. The third kappa shape index (κ3) is 4.25. The Bertz CT molecular complexity index is 885. The highest BCUT2D eigenvalue weighted by molar-refractivity contribution is 7.89. The first kappa shape index (κ1) is 20.2. The van der Waals surface area contributed by atoms with Crippen LogP contribution in [0.15, 0.2) is 23.1 Å². The zero-order valence-corrected chi connectivity index (χ0v) is 17.2.